The number of benzene rings is 1. The molecule has 1 unspecified atom stereocenters. The molecule has 0 saturated heterocycles. The molecule has 0 saturated carbocycles. The van der Waals surface area contributed by atoms with Crippen LogP contribution in [0.5, 0.6) is 5.75 Å². The third kappa shape index (κ3) is 3.48. The Balaban J connectivity index is 1.93. The molecule has 0 fully saturated rings. The minimum Gasteiger partial charge on any atom is -0.489 e. The zero-order chi connectivity index (χ0) is 14.9. The Bertz CT molecular complexity index is 521. The van der Waals surface area contributed by atoms with Crippen molar-refractivity contribution in [3.8, 4) is 5.75 Å². The number of nitrogens with two attached hydrogens (primary N) is 1. The summed E-state index contributed by atoms with van der Waals surface area (Å²) in [7, 11) is 0. The van der Waals surface area contributed by atoms with E-state index in [1.807, 2.05) is 26.0 Å². The third-order valence-electron chi connectivity index (χ3n) is 3.42. The van der Waals surface area contributed by atoms with Crippen molar-refractivity contribution < 1.29 is 14.6 Å². The number of aliphatic carboxylic acids is 1. The fourth-order valence-corrected chi connectivity index (χ4v) is 3.57. The maximum atomic E-state index is 11.0. The molecule has 1 heterocycles. The van der Waals surface area contributed by atoms with Gasteiger partial charge in [-0.2, -0.15) is 0 Å². The molecule has 0 aromatic heterocycles. The highest BCUT2D eigenvalue weighted by molar-refractivity contribution is 9.10. The lowest BCUT2D eigenvalue weighted by Crippen LogP contribution is -2.47. The van der Waals surface area contributed by atoms with Crippen LogP contribution in [0.25, 0.3) is 0 Å². The van der Waals surface area contributed by atoms with E-state index in [4.69, 9.17) is 15.6 Å². The minimum atomic E-state index is -0.970. The number of halogens is 1. The second-order valence-corrected chi connectivity index (χ2v) is 8.02. The highest BCUT2D eigenvalue weighted by atomic mass is 79.9. The highest BCUT2D eigenvalue weighted by Crippen LogP contribution is 2.35. The number of hydrogen-bond donors (Lipinski definition) is 2. The summed E-state index contributed by atoms with van der Waals surface area (Å²) in [5, 5.41) is 9.01. The van der Waals surface area contributed by atoms with Gasteiger partial charge in [0.2, 0.25) is 0 Å². The molecule has 0 spiro atoms. The van der Waals surface area contributed by atoms with Gasteiger partial charge in [-0.25, -0.2) is 0 Å². The van der Waals surface area contributed by atoms with Crippen LogP contribution < -0.4 is 10.5 Å². The zero-order valence-electron chi connectivity index (χ0n) is 11.4. The average Bonchev–Trinajstić information content (AvgIpc) is 2.77. The summed E-state index contributed by atoms with van der Waals surface area (Å²) in [6.07, 6.45) is 0.921. The molecule has 2 atom stereocenters. The molecule has 1 aliphatic rings. The molecule has 3 N–H and O–H groups in total. The fraction of sp³-hybridized carbons (Fsp3) is 0.500. The van der Waals surface area contributed by atoms with Crippen LogP contribution in [-0.4, -0.2) is 33.7 Å². The van der Waals surface area contributed by atoms with Gasteiger partial charge in [0.15, 0.2) is 0 Å². The number of thioether (sulfide) groups is 1. The van der Waals surface area contributed by atoms with Gasteiger partial charge in [0.25, 0.3) is 0 Å². The van der Waals surface area contributed by atoms with E-state index in [1.54, 1.807) is 11.8 Å². The van der Waals surface area contributed by atoms with Gasteiger partial charge in [0.1, 0.15) is 17.9 Å². The molecule has 6 heteroatoms. The van der Waals surface area contributed by atoms with Crippen molar-refractivity contribution in [2.75, 3.05) is 5.75 Å². The van der Waals surface area contributed by atoms with Crippen LogP contribution in [0.4, 0.5) is 0 Å². The summed E-state index contributed by atoms with van der Waals surface area (Å²) < 4.78 is 6.39. The first kappa shape index (κ1) is 15.7. The van der Waals surface area contributed by atoms with Crippen LogP contribution in [0.2, 0.25) is 0 Å². The Morgan fingerprint density at radius 2 is 2.35 bits per heavy atom. The van der Waals surface area contributed by atoms with Gasteiger partial charge in [0, 0.05) is 21.4 Å². The van der Waals surface area contributed by atoms with Gasteiger partial charge in [-0.1, -0.05) is 15.9 Å². The quantitative estimate of drug-likeness (QED) is 0.845. The molecular formula is C14H18BrNO3S. The van der Waals surface area contributed by atoms with E-state index in [0.29, 0.717) is 0 Å². The largest absolute Gasteiger partial charge is 0.489 e. The summed E-state index contributed by atoms with van der Waals surface area (Å²) in [5.74, 6) is 0.668. The van der Waals surface area contributed by atoms with Crippen molar-refractivity contribution in [3.05, 3.63) is 28.2 Å². The molecule has 20 heavy (non-hydrogen) atoms. The average molecular weight is 360 g/mol. The van der Waals surface area contributed by atoms with Crippen molar-refractivity contribution in [2.45, 2.75) is 37.2 Å². The van der Waals surface area contributed by atoms with Gasteiger partial charge < -0.3 is 15.6 Å². The Hall–Kier alpha value is -0.720. The van der Waals surface area contributed by atoms with E-state index in [9.17, 15) is 4.79 Å². The molecular weight excluding hydrogens is 342 g/mol. The third-order valence-corrected chi connectivity index (χ3v) is 5.45. The SMILES string of the molecule is CC(C)(SCC1Cc2cc(Br)ccc2O1)[C@@H](N)C(=O)O. The molecule has 110 valence electrons. The first-order chi connectivity index (χ1) is 9.29. The highest BCUT2D eigenvalue weighted by Gasteiger charge is 2.34. The number of ether oxygens (including phenoxy) is 1. The number of carboxylic acids is 1. The van der Waals surface area contributed by atoms with Crippen molar-refractivity contribution in [3.63, 3.8) is 0 Å². The van der Waals surface area contributed by atoms with Gasteiger partial charge in [-0.3, -0.25) is 4.79 Å². The van der Waals surface area contributed by atoms with E-state index in [1.165, 1.54) is 5.56 Å². The smallest absolute Gasteiger partial charge is 0.321 e. The molecule has 0 radical (unpaired) electrons. The van der Waals surface area contributed by atoms with E-state index in [-0.39, 0.29) is 6.10 Å². The minimum absolute atomic E-state index is 0.0737. The Morgan fingerprint density at radius 1 is 1.65 bits per heavy atom. The predicted octanol–water partition coefficient (Wildman–Crippen LogP) is 2.68. The lowest BCUT2D eigenvalue weighted by molar-refractivity contribution is -0.139. The van der Waals surface area contributed by atoms with Crippen LogP contribution >= 0.6 is 27.7 Å². The molecule has 0 aliphatic carbocycles. The number of carboxylic acid groups (broad SMARTS) is 1. The lowest BCUT2D eigenvalue weighted by Gasteiger charge is -2.29. The number of rotatable bonds is 5. The summed E-state index contributed by atoms with van der Waals surface area (Å²) >= 11 is 4.99. The maximum Gasteiger partial charge on any atom is 0.321 e. The van der Waals surface area contributed by atoms with Crippen LogP contribution in [0.1, 0.15) is 19.4 Å². The molecule has 4 nitrogen and oxygen atoms in total. The number of carbonyl (C=O) groups is 1. The predicted molar refractivity (Wildman–Crippen MR) is 84.4 cm³/mol. The maximum absolute atomic E-state index is 11.0. The van der Waals surface area contributed by atoms with Crippen LogP contribution in [-0.2, 0) is 11.2 Å². The molecule has 0 bridgehead atoms. The number of fused-ring (bicyclic) bond motifs is 1. The number of hydrogen-bond acceptors (Lipinski definition) is 4. The van der Waals surface area contributed by atoms with E-state index < -0.39 is 16.8 Å². The Labute approximate surface area is 131 Å². The molecule has 1 aromatic rings. The second kappa shape index (κ2) is 5.95. The topological polar surface area (TPSA) is 72.5 Å². The summed E-state index contributed by atoms with van der Waals surface area (Å²) in [6.45, 7) is 3.71. The van der Waals surface area contributed by atoms with E-state index in [2.05, 4.69) is 22.0 Å². The summed E-state index contributed by atoms with van der Waals surface area (Å²) in [6, 6.07) is 5.09. The van der Waals surface area contributed by atoms with Gasteiger partial charge >= 0.3 is 5.97 Å². The summed E-state index contributed by atoms with van der Waals surface area (Å²) in [5.41, 5.74) is 6.90. The van der Waals surface area contributed by atoms with E-state index in [0.717, 1.165) is 22.4 Å². The van der Waals surface area contributed by atoms with Crippen LogP contribution in [0, 0.1) is 0 Å². The molecule has 2 rings (SSSR count). The van der Waals surface area contributed by atoms with Crippen molar-refractivity contribution in [1.29, 1.82) is 0 Å². The second-order valence-electron chi connectivity index (χ2n) is 5.43. The summed E-state index contributed by atoms with van der Waals surface area (Å²) in [4.78, 5) is 11.0. The van der Waals surface area contributed by atoms with Crippen molar-refractivity contribution in [1.82, 2.24) is 0 Å². The van der Waals surface area contributed by atoms with Crippen LogP contribution in [0.15, 0.2) is 22.7 Å². The fourth-order valence-electron chi connectivity index (χ4n) is 2.08. The molecule has 0 amide bonds. The molecule has 1 aromatic carbocycles. The Morgan fingerprint density at radius 3 is 3.00 bits per heavy atom. The normalized spacial score (nSPS) is 19.3. The van der Waals surface area contributed by atoms with Gasteiger partial charge in [0.05, 0.1) is 0 Å². The Kier molecular flexibility index (Phi) is 4.66. The standard InChI is InChI=1S/C14H18BrNO3S/c1-14(2,12(16)13(17)18)20-7-10-6-8-5-9(15)3-4-11(8)19-10/h3-5,10,12H,6-7,16H2,1-2H3,(H,17,18)/t10?,12-/m0/s1. The van der Waals surface area contributed by atoms with Crippen molar-refractivity contribution in [2.24, 2.45) is 5.73 Å². The lowest BCUT2D eigenvalue weighted by atomic mass is 10.1. The first-order valence-electron chi connectivity index (χ1n) is 6.37. The first-order valence-corrected chi connectivity index (χ1v) is 8.15. The van der Waals surface area contributed by atoms with Gasteiger partial charge in [-0.05, 0) is 37.6 Å². The van der Waals surface area contributed by atoms with Crippen LogP contribution in [0.3, 0.4) is 0 Å². The van der Waals surface area contributed by atoms with Gasteiger partial charge in [-0.15, -0.1) is 11.8 Å². The van der Waals surface area contributed by atoms with Crippen molar-refractivity contribution >= 4 is 33.7 Å². The molecule has 1 aliphatic heterocycles. The monoisotopic (exact) mass is 359 g/mol. The van der Waals surface area contributed by atoms with E-state index >= 15 is 0 Å². The zero-order valence-corrected chi connectivity index (χ0v) is 13.8.